The topological polar surface area (TPSA) is 23.6 Å². The molecule has 3 heteroatoms. The molecule has 0 spiro atoms. The van der Waals surface area contributed by atoms with E-state index in [2.05, 4.69) is 4.90 Å². The van der Waals surface area contributed by atoms with Crippen LogP contribution in [0.15, 0.2) is 0 Å². The van der Waals surface area contributed by atoms with Gasteiger partial charge in [0.25, 0.3) is 0 Å². The minimum Gasteiger partial charge on any atom is -0.341 e. The molecule has 1 unspecified atom stereocenters. The van der Waals surface area contributed by atoms with Gasteiger partial charge in [-0.1, -0.05) is 0 Å². The Bertz CT molecular complexity index is 205. The highest BCUT2D eigenvalue weighted by Crippen LogP contribution is 2.21. The molecule has 0 radical (unpaired) electrons. The van der Waals surface area contributed by atoms with Gasteiger partial charge in [-0.3, -0.25) is 9.69 Å². The molecule has 0 saturated carbocycles. The second-order valence-corrected chi connectivity index (χ2v) is 4.15. The van der Waals surface area contributed by atoms with Gasteiger partial charge in [0, 0.05) is 32.6 Å². The first kappa shape index (κ1) is 9.00. The van der Waals surface area contributed by atoms with Crippen molar-refractivity contribution in [2.45, 2.75) is 32.2 Å². The summed E-state index contributed by atoms with van der Waals surface area (Å²) < 4.78 is 0. The summed E-state index contributed by atoms with van der Waals surface area (Å²) in [4.78, 5) is 15.8. The molecule has 0 bridgehead atoms. The van der Waals surface area contributed by atoms with Crippen molar-refractivity contribution in [3.05, 3.63) is 0 Å². The van der Waals surface area contributed by atoms with Gasteiger partial charge in [0.2, 0.25) is 5.91 Å². The Morgan fingerprint density at radius 2 is 2.00 bits per heavy atom. The molecule has 0 N–H and O–H groups in total. The van der Waals surface area contributed by atoms with E-state index in [1.165, 1.54) is 25.9 Å². The van der Waals surface area contributed by atoms with Crippen LogP contribution in [0, 0.1) is 0 Å². The third-order valence-electron chi connectivity index (χ3n) is 3.25. The van der Waals surface area contributed by atoms with Crippen LogP contribution in [0.25, 0.3) is 0 Å². The molecule has 0 aliphatic carbocycles. The fourth-order valence-electron chi connectivity index (χ4n) is 2.49. The van der Waals surface area contributed by atoms with E-state index >= 15 is 0 Å². The van der Waals surface area contributed by atoms with E-state index in [0.717, 1.165) is 19.5 Å². The van der Waals surface area contributed by atoms with Crippen LogP contribution >= 0.6 is 0 Å². The van der Waals surface area contributed by atoms with Gasteiger partial charge in [0.15, 0.2) is 0 Å². The molecular weight excluding hydrogens is 164 g/mol. The van der Waals surface area contributed by atoms with Crippen LogP contribution in [-0.2, 0) is 4.79 Å². The van der Waals surface area contributed by atoms with Crippen molar-refractivity contribution in [1.82, 2.24) is 9.80 Å². The van der Waals surface area contributed by atoms with Crippen molar-refractivity contribution < 1.29 is 4.79 Å². The number of amides is 1. The molecule has 1 atom stereocenters. The maximum absolute atomic E-state index is 11.2. The fraction of sp³-hybridized carbons (Fsp3) is 0.900. The van der Waals surface area contributed by atoms with Crippen molar-refractivity contribution in [1.29, 1.82) is 0 Å². The molecule has 2 fully saturated rings. The Morgan fingerprint density at radius 1 is 1.23 bits per heavy atom. The predicted molar refractivity (Wildman–Crippen MR) is 51.5 cm³/mol. The summed E-state index contributed by atoms with van der Waals surface area (Å²) in [6.07, 6.45) is 3.75. The molecule has 2 saturated heterocycles. The van der Waals surface area contributed by atoms with Crippen LogP contribution in [-0.4, -0.2) is 47.9 Å². The lowest BCUT2D eigenvalue weighted by Gasteiger charge is -2.24. The summed E-state index contributed by atoms with van der Waals surface area (Å²) in [6.45, 7) is 6.05. The molecule has 13 heavy (non-hydrogen) atoms. The third-order valence-corrected chi connectivity index (χ3v) is 3.25. The van der Waals surface area contributed by atoms with Crippen molar-refractivity contribution >= 4 is 5.91 Å². The van der Waals surface area contributed by atoms with Gasteiger partial charge in [0.1, 0.15) is 0 Å². The van der Waals surface area contributed by atoms with Crippen LogP contribution in [0.3, 0.4) is 0 Å². The summed E-state index contributed by atoms with van der Waals surface area (Å²) in [5, 5.41) is 0. The zero-order chi connectivity index (χ0) is 9.26. The predicted octanol–water partition coefficient (Wildman–Crippen LogP) is 0.703. The zero-order valence-electron chi connectivity index (χ0n) is 8.33. The molecule has 74 valence electrons. The van der Waals surface area contributed by atoms with E-state index in [-0.39, 0.29) is 5.91 Å². The number of fused-ring (bicyclic) bond motifs is 1. The summed E-state index contributed by atoms with van der Waals surface area (Å²) in [5.74, 6) is 0.244. The first-order valence-corrected chi connectivity index (χ1v) is 5.27. The van der Waals surface area contributed by atoms with Crippen LogP contribution in [0.2, 0.25) is 0 Å². The Balaban J connectivity index is 2.00. The van der Waals surface area contributed by atoms with Crippen LogP contribution < -0.4 is 0 Å². The molecule has 2 aliphatic heterocycles. The van der Waals surface area contributed by atoms with Crippen molar-refractivity contribution in [3.8, 4) is 0 Å². The number of carbonyl (C=O) groups is 1. The number of rotatable bonds is 0. The molecule has 2 rings (SSSR count). The van der Waals surface area contributed by atoms with Gasteiger partial charge < -0.3 is 4.90 Å². The van der Waals surface area contributed by atoms with E-state index in [9.17, 15) is 4.79 Å². The van der Waals surface area contributed by atoms with Crippen molar-refractivity contribution in [2.75, 3.05) is 26.2 Å². The molecule has 3 nitrogen and oxygen atoms in total. The van der Waals surface area contributed by atoms with E-state index in [1.54, 1.807) is 6.92 Å². The zero-order valence-corrected chi connectivity index (χ0v) is 8.33. The largest absolute Gasteiger partial charge is 0.341 e. The quantitative estimate of drug-likeness (QED) is 0.550. The summed E-state index contributed by atoms with van der Waals surface area (Å²) >= 11 is 0. The van der Waals surface area contributed by atoms with Gasteiger partial charge in [-0.15, -0.1) is 0 Å². The number of carbonyl (C=O) groups excluding carboxylic acids is 1. The van der Waals surface area contributed by atoms with Crippen molar-refractivity contribution in [2.24, 2.45) is 0 Å². The first-order valence-electron chi connectivity index (χ1n) is 5.27. The van der Waals surface area contributed by atoms with Gasteiger partial charge in [0.05, 0.1) is 0 Å². The Kier molecular flexibility index (Phi) is 2.54. The fourth-order valence-corrected chi connectivity index (χ4v) is 2.49. The SMILES string of the molecule is CC(=O)N1CCCN2CCCC2C1. The van der Waals surface area contributed by atoms with E-state index in [0.29, 0.717) is 6.04 Å². The smallest absolute Gasteiger partial charge is 0.219 e. The summed E-state index contributed by atoms with van der Waals surface area (Å²) in [7, 11) is 0. The average molecular weight is 182 g/mol. The first-order chi connectivity index (χ1) is 6.27. The van der Waals surface area contributed by atoms with Crippen molar-refractivity contribution in [3.63, 3.8) is 0 Å². The van der Waals surface area contributed by atoms with Gasteiger partial charge in [-0.05, 0) is 25.8 Å². The van der Waals surface area contributed by atoms with Gasteiger partial charge in [-0.2, -0.15) is 0 Å². The minimum atomic E-state index is 0.244. The van der Waals surface area contributed by atoms with E-state index in [4.69, 9.17) is 0 Å². The van der Waals surface area contributed by atoms with Gasteiger partial charge >= 0.3 is 0 Å². The number of hydrogen-bond acceptors (Lipinski definition) is 2. The molecule has 2 heterocycles. The normalized spacial score (nSPS) is 29.9. The Hall–Kier alpha value is -0.570. The molecule has 1 amide bonds. The standard InChI is InChI=1S/C10H18N2O/c1-9(13)12-7-3-6-11-5-2-4-10(11)8-12/h10H,2-8H2,1H3. The lowest BCUT2D eigenvalue weighted by Crippen LogP contribution is -2.38. The highest BCUT2D eigenvalue weighted by Gasteiger charge is 2.29. The Morgan fingerprint density at radius 3 is 2.77 bits per heavy atom. The number of hydrogen-bond donors (Lipinski definition) is 0. The van der Waals surface area contributed by atoms with Crippen LogP contribution in [0.4, 0.5) is 0 Å². The molecule has 0 aromatic rings. The average Bonchev–Trinajstić information content (AvgIpc) is 2.42. The number of nitrogens with zero attached hydrogens (tertiary/aromatic N) is 2. The highest BCUT2D eigenvalue weighted by molar-refractivity contribution is 5.73. The van der Waals surface area contributed by atoms with Crippen LogP contribution in [0.5, 0.6) is 0 Å². The second kappa shape index (κ2) is 3.66. The van der Waals surface area contributed by atoms with E-state index in [1.807, 2.05) is 4.90 Å². The monoisotopic (exact) mass is 182 g/mol. The maximum atomic E-state index is 11.2. The molecule has 0 aromatic carbocycles. The molecule has 2 aliphatic rings. The van der Waals surface area contributed by atoms with Gasteiger partial charge in [-0.25, -0.2) is 0 Å². The summed E-state index contributed by atoms with van der Waals surface area (Å²) in [5.41, 5.74) is 0. The molecule has 0 aromatic heterocycles. The maximum Gasteiger partial charge on any atom is 0.219 e. The third kappa shape index (κ3) is 1.85. The lowest BCUT2D eigenvalue weighted by atomic mass is 10.2. The second-order valence-electron chi connectivity index (χ2n) is 4.15. The van der Waals surface area contributed by atoms with Crippen LogP contribution in [0.1, 0.15) is 26.2 Å². The Labute approximate surface area is 79.7 Å². The lowest BCUT2D eigenvalue weighted by molar-refractivity contribution is -0.129. The molecular formula is C10H18N2O. The minimum absolute atomic E-state index is 0.244. The van der Waals surface area contributed by atoms with E-state index < -0.39 is 0 Å². The summed E-state index contributed by atoms with van der Waals surface area (Å²) in [6, 6.07) is 0.659. The highest BCUT2D eigenvalue weighted by atomic mass is 16.2.